The Balaban J connectivity index is 1.78. The number of H-pyrrole nitrogens is 1. The van der Waals surface area contributed by atoms with Crippen LogP contribution >= 0.6 is 0 Å². The second-order valence-electron chi connectivity index (χ2n) is 7.44. The Bertz CT molecular complexity index is 1540. The molecule has 166 valence electrons. The zero-order valence-corrected chi connectivity index (χ0v) is 17.3. The Labute approximate surface area is 185 Å². The lowest BCUT2D eigenvalue weighted by molar-refractivity contribution is 0.558. The van der Waals surface area contributed by atoms with E-state index in [1.54, 1.807) is 6.07 Å². The van der Waals surface area contributed by atoms with Crippen LogP contribution in [0.5, 0.6) is 0 Å². The number of hydrogen-bond acceptors (Lipinski definition) is 5. The van der Waals surface area contributed by atoms with Gasteiger partial charge in [-0.25, -0.2) is 28.1 Å². The maximum Gasteiger partial charge on any atom is 0.263 e. The zero-order chi connectivity index (χ0) is 23.1. The van der Waals surface area contributed by atoms with Crippen molar-refractivity contribution >= 4 is 27.8 Å². The van der Waals surface area contributed by atoms with E-state index in [0.29, 0.717) is 28.8 Å². The van der Waals surface area contributed by atoms with Gasteiger partial charge in [-0.05, 0) is 42.1 Å². The third-order valence-electron chi connectivity index (χ3n) is 5.46. The molecule has 0 bridgehead atoms. The van der Waals surface area contributed by atoms with Crippen molar-refractivity contribution in [2.75, 3.05) is 5.32 Å². The molecule has 0 aliphatic carbocycles. The van der Waals surface area contributed by atoms with Gasteiger partial charge in [-0.2, -0.15) is 0 Å². The van der Waals surface area contributed by atoms with Crippen LogP contribution in [0.25, 0.3) is 27.6 Å². The van der Waals surface area contributed by atoms with E-state index in [1.165, 1.54) is 30.9 Å². The van der Waals surface area contributed by atoms with Crippen molar-refractivity contribution in [1.29, 1.82) is 0 Å². The molecule has 0 fully saturated rings. The van der Waals surface area contributed by atoms with Gasteiger partial charge >= 0.3 is 0 Å². The number of rotatable bonds is 5. The van der Waals surface area contributed by atoms with Crippen LogP contribution in [0, 0.1) is 17.5 Å². The summed E-state index contributed by atoms with van der Waals surface area (Å²) in [6.45, 7) is 1.85. The van der Waals surface area contributed by atoms with E-state index in [2.05, 4.69) is 25.3 Å². The fraction of sp³-hybridized carbons (Fsp3) is 0.130. The molecule has 5 rings (SSSR count). The van der Waals surface area contributed by atoms with Gasteiger partial charge in [0.2, 0.25) is 0 Å². The number of nitrogens with zero attached hydrogens (tertiary/aromatic N) is 4. The monoisotopic (exact) mass is 450 g/mol. The normalized spacial score (nSPS) is 12.4. The van der Waals surface area contributed by atoms with Crippen LogP contribution in [-0.2, 0) is 0 Å². The molecule has 5 aromatic rings. The quantitative estimate of drug-likeness (QED) is 0.407. The number of aromatic nitrogens is 5. The number of nitrogens with one attached hydrogen (secondary N) is 2. The number of benzene rings is 2. The van der Waals surface area contributed by atoms with E-state index >= 15 is 0 Å². The smallest absolute Gasteiger partial charge is 0.263 e. The summed E-state index contributed by atoms with van der Waals surface area (Å²) in [5.74, 6) is -2.07. The minimum atomic E-state index is -0.916. The first-order valence-corrected chi connectivity index (χ1v) is 10.2. The van der Waals surface area contributed by atoms with Crippen LogP contribution in [0.2, 0.25) is 0 Å². The molecule has 2 N–H and O–H groups in total. The van der Waals surface area contributed by atoms with Gasteiger partial charge in [-0.3, -0.25) is 9.36 Å². The summed E-state index contributed by atoms with van der Waals surface area (Å²) in [5, 5.41) is 3.66. The highest BCUT2D eigenvalue weighted by Crippen LogP contribution is 2.29. The predicted molar refractivity (Wildman–Crippen MR) is 118 cm³/mol. The summed E-state index contributed by atoms with van der Waals surface area (Å²) in [6.07, 6.45) is 3.25. The van der Waals surface area contributed by atoms with E-state index in [0.717, 1.165) is 22.8 Å². The molecule has 1 atom stereocenters. The summed E-state index contributed by atoms with van der Waals surface area (Å²) < 4.78 is 44.5. The molecular formula is C23H17F3N6O. The van der Waals surface area contributed by atoms with Gasteiger partial charge in [0.25, 0.3) is 5.56 Å². The van der Waals surface area contributed by atoms with Gasteiger partial charge in [-0.1, -0.05) is 19.1 Å². The molecule has 3 aromatic heterocycles. The average molecular weight is 450 g/mol. The molecule has 0 aliphatic heterocycles. The van der Waals surface area contributed by atoms with Crippen LogP contribution in [-0.4, -0.2) is 24.5 Å². The summed E-state index contributed by atoms with van der Waals surface area (Å²) in [7, 11) is 0. The molecule has 0 radical (unpaired) electrons. The number of hydrogen-bond donors (Lipinski definition) is 2. The van der Waals surface area contributed by atoms with Crippen LogP contribution in [0.4, 0.5) is 19.0 Å². The molecule has 0 amide bonds. The maximum atomic E-state index is 14.8. The summed E-state index contributed by atoms with van der Waals surface area (Å²) >= 11 is 0. The number of pyridine rings is 1. The first-order chi connectivity index (χ1) is 16.0. The number of aromatic amines is 1. The Morgan fingerprint density at radius 1 is 1.06 bits per heavy atom. The van der Waals surface area contributed by atoms with Crippen molar-refractivity contribution < 1.29 is 13.2 Å². The van der Waals surface area contributed by atoms with Crippen molar-refractivity contribution in [1.82, 2.24) is 24.5 Å². The van der Waals surface area contributed by atoms with Crippen LogP contribution in [0.1, 0.15) is 25.1 Å². The number of fused-ring (bicyclic) bond motifs is 2. The molecule has 0 spiro atoms. The first kappa shape index (κ1) is 20.7. The summed E-state index contributed by atoms with van der Waals surface area (Å²) in [4.78, 5) is 28.9. The van der Waals surface area contributed by atoms with Gasteiger partial charge in [0.05, 0.1) is 17.8 Å². The number of imidazole rings is 1. The molecule has 33 heavy (non-hydrogen) atoms. The Morgan fingerprint density at radius 2 is 1.85 bits per heavy atom. The molecule has 7 nitrogen and oxygen atoms in total. The van der Waals surface area contributed by atoms with Gasteiger partial charge < -0.3 is 10.3 Å². The van der Waals surface area contributed by atoms with E-state index in [-0.39, 0.29) is 11.1 Å². The van der Waals surface area contributed by atoms with Crippen LogP contribution < -0.4 is 10.9 Å². The molecule has 0 unspecified atom stereocenters. The lowest BCUT2D eigenvalue weighted by Gasteiger charge is -2.24. The van der Waals surface area contributed by atoms with Crippen molar-refractivity contribution in [3.05, 3.63) is 88.6 Å². The molecule has 10 heteroatoms. The van der Waals surface area contributed by atoms with Crippen molar-refractivity contribution in [2.45, 2.75) is 19.4 Å². The fourth-order valence-corrected chi connectivity index (χ4v) is 3.91. The van der Waals surface area contributed by atoms with Gasteiger partial charge in [-0.15, -0.1) is 0 Å². The number of para-hydroxylation sites is 1. The third-order valence-corrected chi connectivity index (χ3v) is 5.46. The largest absolute Gasteiger partial charge is 0.360 e. The Kier molecular flexibility index (Phi) is 5.04. The highest BCUT2D eigenvalue weighted by Gasteiger charge is 2.23. The Hall–Kier alpha value is -4.21. The first-order valence-electron chi connectivity index (χ1n) is 10.2. The minimum Gasteiger partial charge on any atom is -0.360 e. The number of halogens is 3. The second-order valence-corrected chi connectivity index (χ2v) is 7.44. The van der Waals surface area contributed by atoms with E-state index < -0.39 is 34.7 Å². The minimum absolute atomic E-state index is 0.00739. The lowest BCUT2D eigenvalue weighted by Crippen LogP contribution is -2.28. The van der Waals surface area contributed by atoms with Crippen molar-refractivity contribution in [3.8, 4) is 5.69 Å². The summed E-state index contributed by atoms with van der Waals surface area (Å²) in [5.41, 5.74) is 0.00179. The fourth-order valence-electron chi connectivity index (χ4n) is 3.91. The van der Waals surface area contributed by atoms with Crippen molar-refractivity contribution in [3.63, 3.8) is 0 Å². The standard InChI is InChI=1S/C23H17F3N6O/c1-2-17(31-22-19-21(28-10-27-19)29-11-30-22)18-8-12-6-7-13(24)9-14(12)23(33)32(18)20-15(25)4-3-5-16(20)26/h3-11,17H,2H2,1H3,(H2,27,28,29,30,31)/t17-/m0/s1. The second kappa shape index (κ2) is 8.05. The molecule has 2 aromatic carbocycles. The molecule has 0 saturated heterocycles. The van der Waals surface area contributed by atoms with Gasteiger partial charge in [0, 0.05) is 5.69 Å². The highest BCUT2D eigenvalue weighted by molar-refractivity contribution is 5.84. The average Bonchev–Trinajstić information content (AvgIpc) is 3.29. The van der Waals surface area contributed by atoms with Crippen LogP contribution in [0.3, 0.4) is 0 Å². The van der Waals surface area contributed by atoms with Gasteiger partial charge in [0.1, 0.15) is 35.0 Å². The molecule has 0 aliphatic rings. The molecule has 3 heterocycles. The Morgan fingerprint density at radius 3 is 2.61 bits per heavy atom. The maximum absolute atomic E-state index is 14.8. The molecule has 0 saturated carbocycles. The molecular weight excluding hydrogens is 433 g/mol. The summed E-state index contributed by atoms with van der Waals surface area (Å²) in [6, 6.07) is 8.11. The van der Waals surface area contributed by atoms with E-state index in [9.17, 15) is 18.0 Å². The SMILES string of the molecule is CC[C@H](Nc1ncnc2[nH]cnc12)c1cc2ccc(F)cc2c(=O)n1-c1c(F)cccc1F. The van der Waals surface area contributed by atoms with E-state index in [1.807, 2.05) is 6.92 Å². The third kappa shape index (κ3) is 3.49. The van der Waals surface area contributed by atoms with Gasteiger partial charge in [0.15, 0.2) is 11.5 Å². The zero-order valence-electron chi connectivity index (χ0n) is 17.3. The van der Waals surface area contributed by atoms with E-state index in [4.69, 9.17) is 0 Å². The van der Waals surface area contributed by atoms with Crippen LogP contribution in [0.15, 0.2) is 59.9 Å². The number of anilines is 1. The lowest BCUT2D eigenvalue weighted by atomic mass is 10.0. The predicted octanol–water partition coefficient (Wildman–Crippen LogP) is 4.64. The highest BCUT2D eigenvalue weighted by atomic mass is 19.1. The topological polar surface area (TPSA) is 88.5 Å². The van der Waals surface area contributed by atoms with Crippen molar-refractivity contribution in [2.24, 2.45) is 0 Å².